The molecule has 0 radical (unpaired) electrons. The number of allylic oxidation sites excluding steroid dienone is 2. The van der Waals surface area contributed by atoms with Crippen LogP contribution in [0.4, 0.5) is 0 Å². The van der Waals surface area contributed by atoms with Crippen molar-refractivity contribution in [2.75, 3.05) is 0 Å². The predicted molar refractivity (Wildman–Crippen MR) is 137 cm³/mol. The van der Waals surface area contributed by atoms with Crippen LogP contribution in [0.3, 0.4) is 0 Å². The topological polar surface area (TPSA) is 69.9 Å². The Hall–Kier alpha value is -0.680. The largest absolute Gasteiger partial charge is 0.393 e. The van der Waals surface area contributed by atoms with Crippen molar-refractivity contribution in [3.05, 3.63) is 23.8 Å². The van der Waals surface area contributed by atoms with E-state index in [0.717, 1.165) is 50.5 Å². The van der Waals surface area contributed by atoms with Crippen molar-refractivity contribution in [1.29, 1.82) is 0 Å². The number of hydrogen-bond acceptors (Lipinski definition) is 4. The lowest BCUT2D eigenvalue weighted by Crippen LogP contribution is -2.58. The van der Waals surface area contributed by atoms with E-state index in [1.54, 1.807) is 5.57 Å². The standard InChI is InChI=1S/C30H50O4/c1-18(2)23(34-33)11-9-19(3)26-22(31)17-30(8)21-10-12-24-27(4,5)25(32)14-15-28(24,6)20(21)13-16-29(26,30)7/h10,19-20,22-26,31-33H,1,9,11-17H2,2-8H3/t19-,20+,22+,23?,24+,25+,26-,28?,29+,30-/m1/s1. The molecular formula is C30H50O4. The summed E-state index contributed by atoms with van der Waals surface area (Å²) in [6.45, 7) is 20.1. The highest BCUT2D eigenvalue weighted by molar-refractivity contribution is 5.34. The Morgan fingerprint density at radius 2 is 1.79 bits per heavy atom. The fourth-order valence-corrected chi connectivity index (χ4v) is 9.80. The zero-order chi connectivity index (χ0) is 25.3. The van der Waals surface area contributed by atoms with Gasteiger partial charge in [0.2, 0.25) is 0 Å². The molecule has 4 aliphatic carbocycles. The average molecular weight is 475 g/mol. The van der Waals surface area contributed by atoms with Gasteiger partial charge in [-0.3, -0.25) is 5.26 Å². The lowest BCUT2D eigenvalue weighted by molar-refractivity contribution is -0.270. The van der Waals surface area contributed by atoms with Gasteiger partial charge >= 0.3 is 0 Å². The first-order valence-corrected chi connectivity index (χ1v) is 13.8. The molecule has 4 nitrogen and oxygen atoms in total. The maximum atomic E-state index is 11.5. The molecule has 0 saturated heterocycles. The molecule has 0 aliphatic heterocycles. The van der Waals surface area contributed by atoms with Gasteiger partial charge in [-0.15, -0.1) is 0 Å². The molecule has 0 bridgehead atoms. The molecule has 0 aromatic rings. The van der Waals surface area contributed by atoms with Crippen molar-refractivity contribution in [2.45, 2.75) is 118 Å². The summed E-state index contributed by atoms with van der Waals surface area (Å²) in [5.74, 6) is 1.63. The Balaban J connectivity index is 1.63. The molecule has 3 fully saturated rings. The maximum Gasteiger partial charge on any atom is 0.113 e. The molecule has 0 aromatic carbocycles. The van der Waals surface area contributed by atoms with E-state index in [1.165, 1.54) is 6.42 Å². The number of rotatable bonds is 6. The quantitative estimate of drug-likeness (QED) is 0.226. The van der Waals surface area contributed by atoms with E-state index in [9.17, 15) is 15.5 Å². The fraction of sp³-hybridized carbons (Fsp3) is 0.867. The zero-order valence-electron chi connectivity index (χ0n) is 22.7. The zero-order valence-corrected chi connectivity index (χ0v) is 22.7. The van der Waals surface area contributed by atoms with E-state index < -0.39 is 0 Å². The van der Waals surface area contributed by atoms with E-state index in [2.05, 4.69) is 59.1 Å². The van der Waals surface area contributed by atoms with Gasteiger partial charge in [0, 0.05) is 0 Å². The van der Waals surface area contributed by atoms with Crippen LogP contribution in [-0.2, 0) is 4.89 Å². The number of aliphatic hydroxyl groups is 2. The van der Waals surface area contributed by atoms with E-state index >= 15 is 0 Å². The summed E-state index contributed by atoms with van der Waals surface area (Å²) in [6, 6.07) is 0. The molecule has 4 heteroatoms. The van der Waals surface area contributed by atoms with Crippen LogP contribution in [0.25, 0.3) is 0 Å². The van der Waals surface area contributed by atoms with Crippen LogP contribution < -0.4 is 0 Å². The van der Waals surface area contributed by atoms with Gasteiger partial charge in [-0.1, -0.05) is 59.8 Å². The summed E-state index contributed by atoms with van der Waals surface area (Å²) in [4.78, 5) is 4.67. The average Bonchev–Trinajstić information content (AvgIpc) is 2.96. The Kier molecular flexibility index (Phi) is 6.76. The Bertz CT molecular complexity index is 832. The van der Waals surface area contributed by atoms with Crippen molar-refractivity contribution >= 4 is 0 Å². The minimum atomic E-state index is -0.334. The summed E-state index contributed by atoms with van der Waals surface area (Å²) in [7, 11) is 0. The summed E-state index contributed by atoms with van der Waals surface area (Å²) in [5.41, 5.74) is 2.67. The highest BCUT2D eigenvalue weighted by Crippen LogP contribution is 2.73. The molecule has 34 heavy (non-hydrogen) atoms. The molecule has 0 spiro atoms. The third-order valence-electron chi connectivity index (χ3n) is 12.0. The van der Waals surface area contributed by atoms with Gasteiger partial charge in [0.15, 0.2) is 0 Å². The molecular weight excluding hydrogens is 424 g/mol. The monoisotopic (exact) mass is 474 g/mol. The van der Waals surface area contributed by atoms with E-state index in [4.69, 9.17) is 0 Å². The second kappa shape index (κ2) is 8.71. The van der Waals surface area contributed by atoms with Crippen molar-refractivity contribution in [3.63, 3.8) is 0 Å². The number of hydrogen-bond donors (Lipinski definition) is 3. The van der Waals surface area contributed by atoms with Gasteiger partial charge in [0.1, 0.15) is 6.10 Å². The Morgan fingerprint density at radius 1 is 1.12 bits per heavy atom. The molecule has 0 amide bonds. The predicted octanol–water partition coefficient (Wildman–Crippen LogP) is 6.77. The molecule has 4 rings (SSSR count). The second-order valence-electron chi connectivity index (χ2n) is 14.0. The second-order valence-corrected chi connectivity index (χ2v) is 14.0. The molecule has 0 aromatic heterocycles. The minimum absolute atomic E-state index is 0.00365. The van der Waals surface area contributed by atoms with Crippen LogP contribution in [0.5, 0.6) is 0 Å². The molecule has 194 valence electrons. The van der Waals surface area contributed by atoms with E-state index in [1.807, 2.05) is 6.92 Å². The first-order valence-electron chi connectivity index (χ1n) is 13.8. The summed E-state index contributed by atoms with van der Waals surface area (Å²) < 4.78 is 0. The SMILES string of the molecule is C=C(C)C(CC[C@@H](C)[C@@H]1[C@@H](O)C[C@]2(C)C3=CC[C@H]4C(C)(C)[C@@H](O)CCC4(C)[C@H]3CC[C@@]12C)OO. The van der Waals surface area contributed by atoms with Crippen LogP contribution in [0.2, 0.25) is 0 Å². The molecule has 3 N–H and O–H groups in total. The highest BCUT2D eigenvalue weighted by atomic mass is 17.1. The molecule has 3 saturated carbocycles. The van der Waals surface area contributed by atoms with E-state index in [0.29, 0.717) is 17.8 Å². The van der Waals surface area contributed by atoms with Gasteiger partial charge < -0.3 is 10.2 Å². The van der Waals surface area contributed by atoms with Crippen molar-refractivity contribution in [3.8, 4) is 0 Å². The maximum absolute atomic E-state index is 11.5. The lowest BCUT2D eigenvalue weighted by atomic mass is 9.41. The fourth-order valence-electron chi connectivity index (χ4n) is 9.80. The molecule has 0 heterocycles. The van der Waals surface area contributed by atoms with Crippen LogP contribution >= 0.6 is 0 Å². The summed E-state index contributed by atoms with van der Waals surface area (Å²) in [6.07, 6.45) is 9.53. The van der Waals surface area contributed by atoms with Gasteiger partial charge in [0.25, 0.3) is 0 Å². The van der Waals surface area contributed by atoms with Crippen LogP contribution in [0.15, 0.2) is 23.8 Å². The normalized spacial score (nSPS) is 47.1. The van der Waals surface area contributed by atoms with Gasteiger partial charge in [-0.05, 0) is 109 Å². The number of fused-ring (bicyclic) bond motifs is 5. The Labute approximate surface area is 207 Å². The highest BCUT2D eigenvalue weighted by Gasteiger charge is 2.67. The summed E-state index contributed by atoms with van der Waals surface area (Å²) >= 11 is 0. The van der Waals surface area contributed by atoms with Crippen molar-refractivity contribution in [1.82, 2.24) is 0 Å². The molecule has 4 aliphatic rings. The van der Waals surface area contributed by atoms with Crippen molar-refractivity contribution < 1.29 is 20.4 Å². The van der Waals surface area contributed by atoms with E-state index in [-0.39, 0.29) is 45.9 Å². The first-order chi connectivity index (χ1) is 15.7. The molecule has 2 unspecified atom stereocenters. The first kappa shape index (κ1) is 26.4. The van der Waals surface area contributed by atoms with Gasteiger partial charge in [0.05, 0.1) is 12.2 Å². The van der Waals surface area contributed by atoms with Crippen molar-refractivity contribution in [2.24, 2.45) is 45.3 Å². The van der Waals surface area contributed by atoms with Crippen LogP contribution in [-0.4, -0.2) is 33.8 Å². The Morgan fingerprint density at radius 3 is 2.41 bits per heavy atom. The third kappa shape index (κ3) is 3.61. The van der Waals surface area contributed by atoms with Gasteiger partial charge in [-0.2, -0.15) is 0 Å². The smallest absolute Gasteiger partial charge is 0.113 e. The lowest BCUT2D eigenvalue weighted by Gasteiger charge is -2.64. The van der Waals surface area contributed by atoms with Gasteiger partial charge in [-0.25, -0.2) is 4.89 Å². The third-order valence-corrected chi connectivity index (χ3v) is 12.0. The summed E-state index contributed by atoms with van der Waals surface area (Å²) in [5, 5.41) is 31.6. The number of aliphatic hydroxyl groups excluding tert-OH is 2. The molecule has 10 atom stereocenters. The van der Waals surface area contributed by atoms with Crippen LogP contribution in [0, 0.1) is 45.3 Å². The minimum Gasteiger partial charge on any atom is -0.393 e. The van der Waals surface area contributed by atoms with Crippen LogP contribution in [0.1, 0.15) is 99.8 Å².